The summed E-state index contributed by atoms with van der Waals surface area (Å²) in [6, 6.07) is 5.73. The molecule has 2 heterocycles. The first kappa shape index (κ1) is 16.4. The smallest absolute Gasteiger partial charge is 0.224 e. The Morgan fingerprint density at radius 1 is 1.50 bits per heavy atom. The number of carbonyl (C=O) groups excluding carboxylic acids is 1. The first-order valence-corrected chi connectivity index (χ1v) is 7.07. The third kappa shape index (κ3) is 3.80. The molecule has 0 spiro atoms. The van der Waals surface area contributed by atoms with Gasteiger partial charge in [-0.2, -0.15) is 0 Å². The summed E-state index contributed by atoms with van der Waals surface area (Å²) in [6.07, 6.45) is 3.16. The van der Waals surface area contributed by atoms with Crippen LogP contribution in [0, 0.1) is 12.8 Å². The fourth-order valence-electron chi connectivity index (χ4n) is 2.57. The average molecular weight is 323 g/mol. The predicted octanol–water partition coefficient (Wildman–Crippen LogP) is 1.33. The zero-order valence-electron chi connectivity index (χ0n) is 12.3. The molecule has 0 aliphatic carbocycles. The Labute approximate surface area is 134 Å². The summed E-state index contributed by atoms with van der Waals surface area (Å²) in [5, 5.41) is 17.4. The fraction of sp³-hybridized carbons (Fsp3) is 0.429. The quantitative estimate of drug-likeness (QED) is 0.887. The number of amides is 1. The largest absolute Gasteiger partial charge is 0.326 e. The molecule has 7 nitrogen and oxygen atoms in total. The van der Waals surface area contributed by atoms with Crippen LogP contribution in [0.15, 0.2) is 24.5 Å². The van der Waals surface area contributed by atoms with Crippen LogP contribution in [0.1, 0.15) is 18.4 Å². The van der Waals surface area contributed by atoms with Crippen molar-refractivity contribution in [1.82, 2.24) is 25.5 Å². The van der Waals surface area contributed by atoms with Crippen molar-refractivity contribution >= 4 is 24.0 Å². The van der Waals surface area contributed by atoms with Crippen LogP contribution in [0.3, 0.4) is 0 Å². The maximum Gasteiger partial charge on any atom is 0.224 e. The average Bonchev–Trinajstić information content (AvgIpc) is 3.13. The number of anilines is 1. The second-order valence-electron chi connectivity index (χ2n) is 5.37. The van der Waals surface area contributed by atoms with Gasteiger partial charge in [0.1, 0.15) is 6.33 Å². The van der Waals surface area contributed by atoms with Crippen LogP contribution < -0.4 is 10.6 Å². The third-order valence-electron chi connectivity index (χ3n) is 3.73. The molecule has 118 valence electrons. The molecule has 1 saturated heterocycles. The molecule has 1 unspecified atom stereocenters. The highest BCUT2D eigenvalue weighted by atomic mass is 35.5. The van der Waals surface area contributed by atoms with Crippen molar-refractivity contribution in [3.8, 4) is 5.69 Å². The number of aromatic nitrogens is 4. The highest BCUT2D eigenvalue weighted by Crippen LogP contribution is 2.19. The van der Waals surface area contributed by atoms with E-state index < -0.39 is 0 Å². The predicted molar refractivity (Wildman–Crippen MR) is 85.4 cm³/mol. The van der Waals surface area contributed by atoms with Gasteiger partial charge in [-0.15, -0.1) is 17.5 Å². The molecule has 1 atom stereocenters. The first-order valence-electron chi connectivity index (χ1n) is 7.07. The second-order valence-corrected chi connectivity index (χ2v) is 5.37. The lowest BCUT2D eigenvalue weighted by Gasteiger charge is -2.11. The highest BCUT2D eigenvalue weighted by molar-refractivity contribution is 5.91. The van der Waals surface area contributed by atoms with Gasteiger partial charge in [-0.25, -0.2) is 4.68 Å². The minimum Gasteiger partial charge on any atom is -0.326 e. The lowest BCUT2D eigenvalue weighted by Crippen LogP contribution is -2.18. The molecule has 8 heteroatoms. The molecule has 1 aliphatic heterocycles. The number of tetrazole rings is 1. The van der Waals surface area contributed by atoms with Crippen molar-refractivity contribution in [3.05, 3.63) is 30.1 Å². The summed E-state index contributed by atoms with van der Waals surface area (Å²) in [6.45, 7) is 3.91. The minimum absolute atomic E-state index is 0. The van der Waals surface area contributed by atoms with Gasteiger partial charge in [-0.1, -0.05) is 6.07 Å². The Morgan fingerprint density at radius 3 is 3.05 bits per heavy atom. The minimum atomic E-state index is 0. The molecule has 0 saturated carbocycles. The van der Waals surface area contributed by atoms with Crippen molar-refractivity contribution in [1.29, 1.82) is 0 Å². The third-order valence-corrected chi connectivity index (χ3v) is 3.73. The summed E-state index contributed by atoms with van der Waals surface area (Å²) < 4.78 is 1.59. The Bertz CT molecular complexity index is 624. The van der Waals surface area contributed by atoms with Crippen LogP contribution in [0.2, 0.25) is 0 Å². The molecule has 1 aromatic heterocycles. The van der Waals surface area contributed by atoms with Crippen LogP contribution in [-0.4, -0.2) is 39.2 Å². The lowest BCUT2D eigenvalue weighted by atomic mass is 10.0. The molecule has 3 rings (SSSR count). The van der Waals surface area contributed by atoms with Crippen molar-refractivity contribution in [3.63, 3.8) is 0 Å². The Hall–Kier alpha value is -1.99. The Balaban J connectivity index is 0.00000176. The van der Waals surface area contributed by atoms with Gasteiger partial charge in [0.2, 0.25) is 5.91 Å². The lowest BCUT2D eigenvalue weighted by molar-refractivity contribution is -0.116. The van der Waals surface area contributed by atoms with Gasteiger partial charge in [0.25, 0.3) is 0 Å². The number of carbonyl (C=O) groups is 1. The van der Waals surface area contributed by atoms with Crippen LogP contribution in [-0.2, 0) is 4.79 Å². The SMILES string of the molecule is Cc1ccc(NC(=O)CC2CCNC2)cc1-n1cnnn1.Cl. The van der Waals surface area contributed by atoms with Crippen molar-refractivity contribution < 1.29 is 4.79 Å². The van der Waals surface area contributed by atoms with E-state index in [9.17, 15) is 4.79 Å². The summed E-state index contributed by atoms with van der Waals surface area (Å²) >= 11 is 0. The van der Waals surface area contributed by atoms with Gasteiger partial charge in [-0.05, 0) is 60.5 Å². The van der Waals surface area contributed by atoms with E-state index in [2.05, 4.69) is 26.2 Å². The number of hydrogen-bond acceptors (Lipinski definition) is 5. The van der Waals surface area contributed by atoms with E-state index in [1.165, 1.54) is 6.33 Å². The highest BCUT2D eigenvalue weighted by Gasteiger charge is 2.18. The van der Waals surface area contributed by atoms with Crippen molar-refractivity contribution in [2.24, 2.45) is 5.92 Å². The molecule has 1 fully saturated rings. The summed E-state index contributed by atoms with van der Waals surface area (Å²) in [4.78, 5) is 12.1. The number of hydrogen-bond donors (Lipinski definition) is 2. The Kier molecular flexibility index (Phi) is 5.46. The zero-order chi connectivity index (χ0) is 14.7. The van der Waals surface area contributed by atoms with E-state index in [-0.39, 0.29) is 18.3 Å². The number of benzene rings is 1. The normalized spacial score (nSPS) is 17.0. The molecule has 22 heavy (non-hydrogen) atoms. The van der Waals surface area contributed by atoms with Gasteiger partial charge in [0, 0.05) is 12.1 Å². The van der Waals surface area contributed by atoms with Crippen LogP contribution in [0.5, 0.6) is 0 Å². The molecular weight excluding hydrogens is 304 g/mol. The van der Waals surface area contributed by atoms with Gasteiger partial charge >= 0.3 is 0 Å². The van der Waals surface area contributed by atoms with E-state index in [0.29, 0.717) is 12.3 Å². The maximum atomic E-state index is 12.1. The van der Waals surface area contributed by atoms with Crippen molar-refractivity contribution in [2.75, 3.05) is 18.4 Å². The number of nitrogens with one attached hydrogen (secondary N) is 2. The number of nitrogens with zero attached hydrogens (tertiary/aromatic N) is 4. The van der Waals surface area contributed by atoms with Gasteiger partial charge in [0.05, 0.1) is 5.69 Å². The van der Waals surface area contributed by atoms with Gasteiger partial charge in [-0.3, -0.25) is 4.79 Å². The summed E-state index contributed by atoms with van der Waals surface area (Å²) in [7, 11) is 0. The number of rotatable bonds is 4. The standard InChI is InChI=1S/C14H18N6O.ClH/c1-10-2-3-12(7-13(10)20-9-16-18-19-20)17-14(21)6-11-4-5-15-8-11;/h2-3,7,9,11,15H,4-6,8H2,1H3,(H,17,21);1H. The Morgan fingerprint density at radius 2 is 2.36 bits per heavy atom. The van der Waals surface area contributed by atoms with E-state index in [1.807, 2.05) is 25.1 Å². The molecule has 1 amide bonds. The molecule has 1 aliphatic rings. The van der Waals surface area contributed by atoms with E-state index in [1.54, 1.807) is 4.68 Å². The molecule has 0 radical (unpaired) electrons. The molecule has 2 N–H and O–H groups in total. The molecule has 2 aromatic rings. The maximum absolute atomic E-state index is 12.1. The zero-order valence-corrected chi connectivity index (χ0v) is 13.1. The van der Waals surface area contributed by atoms with Crippen LogP contribution in [0.4, 0.5) is 5.69 Å². The van der Waals surface area contributed by atoms with Gasteiger partial charge < -0.3 is 10.6 Å². The number of aryl methyl sites for hydroxylation is 1. The van der Waals surface area contributed by atoms with Crippen LogP contribution in [0.25, 0.3) is 5.69 Å². The van der Waals surface area contributed by atoms with Crippen molar-refractivity contribution in [2.45, 2.75) is 19.8 Å². The molecule has 0 bridgehead atoms. The fourth-order valence-corrected chi connectivity index (χ4v) is 2.57. The molecular formula is C14H19ClN6O. The van der Waals surface area contributed by atoms with Gasteiger partial charge in [0.15, 0.2) is 0 Å². The van der Waals surface area contributed by atoms with E-state index in [0.717, 1.165) is 36.4 Å². The molecule has 1 aromatic carbocycles. The van der Waals surface area contributed by atoms with E-state index in [4.69, 9.17) is 0 Å². The monoisotopic (exact) mass is 322 g/mol. The topological polar surface area (TPSA) is 84.7 Å². The van der Waals surface area contributed by atoms with E-state index >= 15 is 0 Å². The van der Waals surface area contributed by atoms with Crippen LogP contribution >= 0.6 is 12.4 Å². The second kappa shape index (κ2) is 7.33. The first-order chi connectivity index (χ1) is 10.2. The number of halogens is 1. The summed E-state index contributed by atoms with van der Waals surface area (Å²) in [5.41, 5.74) is 2.67. The summed E-state index contributed by atoms with van der Waals surface area (Å²) in [5.74, 6) is 0.490.